The Morgan fingerprint density at radius 2 is 2.08 bits per heavy atom. The van der Waals surface area contributed by atoms with Gasteiger partial charge in [-0.25, -0.2) is 4.79 Å². The van der Waals surface area contributed by atoms with E-state index in [-0.39, 0.29) is 11.6 Å². The van der Waals surface area contributed by atoms with E-state index in [1.165, 1.54) is 0 Å². The van der Waals surface area contributed by atoms with Crippen LogP contribution in [0.1, 0.15) is 31.0 Å². The molecule has 3 rings (SSSR count). The number of fused-ring (bicyclic) bond motifs is 1. The van der Waals surface area contributed by atoms with Gasteiger partial charge >= 0.3 is 6.03 Å². The second-order valence-electron chi connectivity index (χ2n) is 5.86. The number of carbonyl (C=O) groups is 1. The normalized spacial score (nSPS) is 13.5. The minimum atomic E-state index is -0.207. The van der Waals surface area contributed by atoms with E-state index in [1.54, 1.807) is 4.90 Å². The van der Waals surface area contributed by atoms with E-state index in [2.05, 4.69) is 22.4 Å². The van der Waals surface area contributed by atoms with Crippen molar-refractivity contribution in [2.24, 2.45) is 0 Å². The van der Waals surface area contributed by atoms with Crippen LogP contribution in [0.25, 0.3) is 0 Å². The van der Waals surface area contributed by atoms with E-state index in [4.69, 9.17) is 4.74 Å². The van der Waals surface area contributed by atoms with Crippen LogP contribution in [0.2, 0.25) is 0 Å². The van der Waals surface area contributed by atoms with Crippen molar-refractivity contribution in [1.82, 2.24) is 15.1 Å². The maximum absolute atomic E-state index is 12.4. The second kappa shape index (κ2) is 7.25. The largest absolute Gasteiger partial charge is 0.494 e. The van der Waals surface area contributed by atoms with Crippen LogP contribution >= 0.6 is 0 Å². The van der Waals surface area contributed by atoms with Crippen molar-refractivity contribution in [3.63, 3.8) is 0 Å². The van der Waals surface area contributed by atoms with Crippen molar-refractivity contribution in [3.8, 4) is 5.75 Å². The van der Waals surface area contributed by atoms with E-state index in [1.807, 2.05) is 24.3 Å². The molecular formula is C17H22N4O3. The van der Waals surface area contributed by atoms with Crippen LogP contribution in [0.15, 0.2) is 29.1 Å². The summed E-state index contributed by atoms with van der Waals surface area (Å²) in [5.74, 6) is 0.794. The molecular weight excluding hydrogens is 308 g/mol. The first-order valence-electron chi connectivity index (χ1n) is 8.24. The zero-order valence-corrected chi connectivity index (χ0v) is 13.7. The molecule has 0 spiro atoms. The van der Waals surface area contributed by atoms with E-state index < -0.39 is 0 Å². The number of hydrogen-bond acceptors (Lipinski definition) is 3. The Hall–Kier alpha value is -2.70. The van der Waals surface area contributed by atoms with E-state index in [0.29, 0.717) is 37.4 Å². The lowest BCUT2D eigenvalue weighted by Gasteiger charge is -2.26. The lowest BCUT2D eigenvalue weighted by molar-refractivity contribution is 0.206. The highest BCUT2D eigenvalue weighted by molar-refractivity contribution is 5.89. The van der Waals surface area contributed by atoms with Crippen molar-refractivity contribution < 1.29 is 9.53 Å². The molecule has 0 saturated heterocycles. The molecule has 2 aromatic rings. The van der Waals surface area contributed by atoms with Crippen molar-refractivity contribution in [2.75, 3.05) is 18.5 Å². The molecule has 0 unspecified atom stereocenters. The highest BCUT2D eigenvalue weighted by Gasteiger charge is 2.24. The third kappa shape index (κ3) is 3.61. The maximum Gasteiger partial charge on any atom is 0.322 e. The molecule has 128 valence electrons. The van der Waals surface area contributed by atoms with Gasteiger partial charge in [-0.05, 0) is 30.7 Å². The molecule has 1 aromatic carbocycles. The molecule has 0 fully saturated rings. The average Bonchev–Trinajstić information content (AvgIpc) is 2.97. The van der Waals surface area contributed by atoms with Crippen molar-refractivity contribution >= 4 is 11.7 Å². The molecule has 2 amide bonds. The topological polar surface area (TPSA) is 90.2 Å². The summed E-state index contributed by atoms with van der Waals surface area (Å²) in [5.41, 5.74) is 2.07. The highest BCUT2D eigenvalue weighted by atomic mass is 16.5. The van der Waals surface area contributed by atoms with Gasteiger partial charge in [0.2, 0.25) is 0 Å². The van der Waals surface area contributed by atoms with Crippen LogP contribution in [0.4, 0.5) is 10.5 Å². The summed E-state index contributed by atoms with van der Waals surface area (Å²) < 4.78 is 5.60. The van der Waals surface area contributed by atoms with Gasteiger partial charge in [-0.15, -0.1) is 0 Å². The van der Waals surface area contributed by atoms with Crippen LogP contribution in [0.3, 0.4) is 0 Å². The fourth-order valence-electron chi connectivity index (χ4n) is 2.66. The van der Waals surface area contributed by atoms with E-state index in [9.17, 15) is 9.59 Å². The quantitative estimate of drug-likeness (QED) is 0.736. The van der Waals surface area contributed by atoms with Gasteiger partial charge in [-0.1, -0.05) is 13.3 Å². The number of unbranched alkanes of at least 4 members (excludes halogenated alkanes) is 1. The number of hydrogen-bond donors (Lipinski definition) is 3. The number of nitrogens with one attached hydrogen (secondary N) is 3. The lowest BCUT2D eigenvalue weighted by Crippen LogP contribution is -2.40. The number of rotatable bonds is 5. The molecule has 0 bridgehead atoms. The lowest BCUT2D eigenvalue weighted by atomic mass is 10.1. The number of carbonyl (C=O) groups excluding carboxylic acids is 1. The Kier molecular flexibility index (Phi) is 4.88. The first-order valence-corrected chi connectivity index (χ1v) is 8.24. The molecule has 3 N–H and O–H groups in total. The summed E-state index contributed by atoms with van der Waals surface area (Å²) in [6.07, 6.45) is 2.76. The number of aromatic amines is 2. The summed E-state index contributed by atoms with van der Waals surface area (Å²) in [6, 6.07) is 7.11. The Labute approximate surface area is 140 Å². The monoisotopic (exact) mass is 330 g/mol. The molecule has 2 heterocycles. The zero-order chi connectivity index (χ0) is 16.9. The van der Waals surface area contributed by atoms with Gasteiger partial charge in [0.25, 0.3) is 5.56 Å². The highest BCUT2D eigenvalue weighted by Crippen LogP contribution is 2.18. The number of ether oxygens (including phenoxy) is 1. The molecule has 24 heavy (non-hydrogen) atoms. The predicted octanol–water partition coefficient (Wildman–Crippen LogP) is 2.47. The molecule has 7 nitrogen and oxygen atoms in total. The Morgan fingerprint density at radius 3 is 2.83 bits per heavy atom. The second-order valence-corrected chi connectivity index (χ2v) is 5.86. The number of anilines is 1. The fourth-order valence-corrected chi connectivity index (χ4v) is 2.66. The molecule has 1 aliphatic rings. The summed E-state index contributed by atoms with van der Waals surface area (Å²) >= 11 is 0. The van der Waals surface area contributed by atoms with E-state index >= 15 is 0 Å². The van der Waals surface area contributed by atoms with Crippen molar-refractivity contribution in [2.45, 2.75) is 32.7 Å². The van der Waals surface area contributed by atoms with Crippen LogP contribution in [0.5, 0.6) is 5.75 Å². The standard InChI is InChI=1S/C17H22N4O3/c1-2-3-10-24-13-6-4-12(5-7-13)18-17(23)21-9-8-15-14(11-21)16(22)20-19-15/h4-7H,2-3,8-11H2,1H3,(H,18,23)(H2,19,20,22). The third-order valence-corrected chi connectivity index (χ3v) is 4.11. The van der Waals surface area contributed by atoms with Gasteiger partial charge in [0.05, 0.1) is 18.7 Å². The first-order chi connectivity index (χ1) is 11.7. The predicted molar refractivity (Wildman–Crippen MR) is 91.4 cm³/mol. The minimum Gasteiger partial charge on any atom is -0.494 e. The molecule has 7 heteroatoms. The molecule has 0 aliphatic carbocycles. The van der Waals surface area contributed by atoms with Crippen LogP contribution in [0, 0.1) is 0 Å². The van der Waals surface area contributed by atoms with E-state index in [0.717, 1.165) is 24.3 Å². The molecule has 1 aromatic heterocycles. The SMILES string of the molecule is CCCCOc1ccc(NC(=O)N2CCc3[nH][nH]c(=O)c3C2)cc1. The summed E-state index contributed by atoms with van der Waals surface area (Å²) in [4.78, 5) is 25.7. The Bertz CT molecular complexity index is 748. The molecule has 0 atom stereocenters. The number of benzene rings is 1. The Balaban J connectivity index is 1.57. The van der Waals surface area contributed by atoms with Crippen molar-refractivity contribution in [1.29, 1.82) is 0 Å². The average molecular weight is 330 g/mol. The first kappa shape index (κ1) is 16.2. The van der Waals surface area contributed by atoms with Gasteiger partial charge in [-0.2, -0.15) is 0 Å². The maximum atomic E-state index is 12.4. The van der Waals surface area contributed by atoms with Gasteiger partial charge in [0.15, 0.2) is 0 Å². The van der Waals surface area contributed by atoms with Crippen LogP contribution < -0.4 is 15.6 Å². The third-order valence-electron chi connectivity index (χ3n) is 4.11. The Morgan fingerprint density at radius 1 is 1.29 bits per heavy atom. The summed E-state index contributed by atoms with van der Waals surface area (Å²) in [7, 11) is 0. The number of aromatic nitrogens is 2. The van der Waals surface area contributed by atoms with Gasteiger partial charge in [0, 0.05) is 24.3 Å². The summed E-state index contributed by atoms with van der Waals surface area (Å²) in [6.45, 7) is 3.71. The molecule has 0 saturated carbocycles. The van der Waals surface area contributed by atoms with Crippen LogP contribution in [-0.4, -0.2) is 34.3 Å². The smallest absolute Gasteiger partial charge is 0.322 e. The van der Waals surface area contributed by atoms with Gasteiger partial charge < -0.3 is 20.1 Å². The fraction of sp³-hybridized carbons (Fsp3) is 0.412. The number of H-pyrrole nitrogens is 2. The zero-order valence-electron chi connectivity index (χ0n) is 13.7. The van der Waals surface area contributed by atoms with Gasteiger partial charge in [-0.3, -0.25) is 9.89 Å². The van der Waals surface area contributed by atoms with Crippen molar-refractivity contribution in [3.05, 3.63) is 45.9 Å². The molecule has 0 radical (unpaired) electrons. The summed E-state index contributed by atoms with van der Waals surface area (Å²) in [5, 5.41) is 8.27. The number of urea groups is 1. The minimum absolute atomic E-state index is 0.156. The van der Waals surface area contributed by atoms with Crippen LogP contribution in [-0.2, 0) is 13.0 Å². The van der Waals surface area contributed by atoms with Gasteiger partial charge in [0.1, 0.15) is 5.75 Å². The molecule has 1 aliphatic heterocycles. The number of nitrogens with zero attached hydrogens (tertiary/aromatic N) is 1. The number of amides is 2.